The van der Waals surface area contributed by atoms with E-state index in [1.807, 2.05) is 6.92 Å². The summed E-state index contributed by atoms with van der Waals surface area (Å²) >= 11 is 0. The molecule has 1 saturated heterocycles. The third kappa shape index (κ3) is 2.48. The number of fused-ring (bicyclic) bond motifs is 1. The molecule has 1 atom stereocenters. The second kappa shape index (κ2) is 5.77. The van der Waals surface area contributed by atoms with Crippen molar-refractivity contribution in [3.63, 3.8) is 0 Å². The van der Waals surface area contributed by atoms with Gasteiger partial charge in [0.05, 0.1) is 18.1 Å². The van der Waals surface area contributed by atoms with Crippen LogP contribution >= 0.6 is 0 Å². The largest absolute Gasteiger partial charge is 0.331 e. The number of hydrogen-bond acceptors (Lipinski definition) is 5. The van der Waals surface area contributed by atoms with Crippen LogP contribution in [0.5, 0.6) is 0 Å². The van der Waals surface area contributed by atoms with Crippen molar-refractivity contribution in [2.24, 2.45) is 0 Å². The third-order valence-electron chi connectivity index (χ3n) is 4.93. The van der Waals surface area contributed by atoms with E-state index in [0.717, 1.165) is 12.1 Å². The number of amides is 1. The molecular formula is C17H18N6O2. The second-order valence-electron chi connectivity index (χ2n) is 6.47. The number of nitrogens with zero attached hydrogens (tertiary/aromatic N) is 6. The highest BCUT2D eigenvalue weighted by Gasteiger charge is 2.34. The second-order valence-corrected chi connectivity index (χ2v) is 6.47. The van der Waals surface area contributed by atoms with Gasteiger partial charge in [-0.05, 0) is 25.5 Å². The highest BCUT2D eigenvalue weighted by molar-refractivity contribution is 5.93. The van der Waals surface area contributed by atoms with Gasteiger partial charge in [-0.2, -0.15) is 5.26 Å². The molecule has 8 heteroatoms. The first-order chi connectivity index (χ1) is 12.1. The molecule has 4 heterocycles. The summed E-state index contributed by atoms with van der Waals surface area (Å²) in [4.78, 5) is 33.3. The minimum atomic E-state index is -0.187. The number of pyridine rings is 1. The fourth-order valence-corrected chi connectivity index (χ4v) is 3.62. The minimum Gasteiger partial charge on any atom is -0.331 e. The van der Waals surface area contributed by atoms with Crippen molar-refractivity contribution in [3.8, 4) is 11.9 Å². The van der Waals surface area contributed by atoms with Crippen molar-refractivity contribution < 1.29 is 4.79 Å². The first kappa shape index (κ1) is 15.4. The average molecular weight is 338 g/mol. The van der Waals surface area contributed by atoms with E-state index in [4.69, 9.17) is 5.26 Å². The van der Waals surface area contributed by atoms with Crippen LogP contribution in [0.15, 0.2) is 29.5 Å². The zero-order chi connectivity index (χ0) is 17.6. The molecule has 0 bridgehead atoms. The maximum absolute atomic E-state index is 12.8. The van der Waals surface area contributed by atoms with Gasteiger partial charge in [-0.3, -0.25) is 9.59 Å². The molecule has 1 amide bonds. The number of aryl methyl sites for hydroxylation is 1. The quantitative estimate of drug-likeness (QED) is 0.738. The molecule has 0 aromatic carbocycles. The maximum Gasteiger partial charge on any atom is 0.275 e. The van der Waals surface area contributed by atoms with Crippen molar-refractivity contribution in [2.45, 2.75) is 25.9 Å². The van der Waals surface area contributed by atoms with Crippen molar-refractivity contribution in [2.75, 3.05) is 19.6 Å². The smallest absolute Gasteiger partial charge is 0.275 e. The molecular weight excluding hydrogens is 320 g/mol. The van der Waals surface area contributed by atoms with Gasteiger partial charge in [-0.25, -0.2) is 4.98 Å². The predicted octanol–water partition coefficient (Wildman–Crippen LogP) is 0.354. The molecule has 1 fully saturated rings. The van der Waals surface area contributed by atoms with Crippen molar-refractivity contribution in [1.29, 1.82) is 5.26 Å². The molecule has 0 N–H and O–H groups in total. The average Bonchev–Trinajstić information content (AvgIpc) is 3.25. The van der Waals surface area contributed by atoms with Gasteiger partial charge >= 0.3 is 0 Å². The van der Waals surface area contributed by atoms with Crippen LogP contribution in [0.4, 0.5) is 0 Å². The van der Waals surface area contributed by atoms with E-state index >= 15 is 0 Å². The number of hydrogen-bond donors (Lipinski definition) is 0. The molecule has 2 aliphatic heterocycles. The standard InChI is InChI=1S/C17H18N6O2/c1-12-8-21(11-19-12)14-2-3-15-17(25)22(6-7-23(15)16(14)24)13-4-5-20(9-13)10-18/h2-3,8,11,13H,4-7,9H2,1H3/t13-/m1/s1. The van der Waals surface area contributed by atoms with Gasteiger partial charge < -0.3 is 18.9 Å². The van der Waals surface area contributed by atoms with Crippen LogP contribution in [0, 0.1) is 18.4 Å². The van der Waals surface area contributed by atoms with Crippen LogP contribution in [0.1, 0.15) is 22.6 Å². The van der Waals surface area contributed by atoms with E-state index in [-0.39, 0.29) is 17.5 Å². The summed E-state index contributed by atoms with van der Waals surface area (Å²) in [6.45, 7) is 4.06. The van der Waals surface area contributed by atoms with Crippen molar-refractivity contribution in [1.82, 2.24) is 23.9 Å². The zero-order valence-electron chi connectivity index (χ0n) is 13.9. The Hall–Kier alpha value is -3.08. The summed E-state index contributed by atoms with van der Waals surface area (Å²) in [5, 5.41) is 9.00. The van der Waals surface area contributed by atoms with Gasteiger partial charge in [0.1, 0.15) is 11.4 Å². The molecule has 2 aliphatic rings. The first-order valence-electron chi connectivity index (χ1n) is 8.29. The molecule has 0 spiro atoms. The number of nitriles is 1. The lowest BCUT2D eigenvalue weighted by Crippen LogP contribution is -2.50. The summed E-state index contributed by atoms with van der Waals surface area (Å²) in [6.07, 6.45) is 6.31. The van der Waals surface area contributed by atoms with Crippen LogP contribution in [0.2, 0.25) is 0 Å². The van der Waals surface area contributed by atoms with Crippen molar-refractivity contribution >= 4 is 5.91 Å². The zero-order valence-corrected chi connectivity index (χ0v) is 13.9. The SMILES string of the molecule is Cc1cn(-c2ccc3n(c2=O)CCN([C@@H]2CCN(C#N)C2)C3=O)cn1. The number of likely N-dealkylation sites (tertiary alicyclic amines) is 1. The van der Waals surface area contributed by atoms with Crippen LogP contribution in [-0.4, -0.2) is 55.5 Å². The normalized spacial score (nSPS) is 19.8. The Kier molecular flexibility index (Phi) is 3.57. The Morgan fingerprint density at radius 2 is 2.08 bits per heavy atom. The molecule has 0 unspecified atom stereocenters. The fraction of sp³-hybridized carbons (Fsp3) is 0.412. The van der Waals surface area contributed by atoms with Crippen molar-refractivity contribution in [3.05, 3.63) is 46.4 Å². The van der Waals surface area contributed by atoms with Crippen LogP contribution in [0.3, 0.4) is 0 Å². The first-order valence-corrected chi connectivity index (χ1v) is 8.29. The Morgan fingerprint density at radius 1 is 1.24 bits per heavy atom. The molecule has 4 rings (SSSR count). The minimum absolute atomic E-state index is 0.0342. The lowest BCUT2D eigenvalue weighted by Gasteiger charge is -2.34. The third-order valence-corrected chi connectivity index (χ3v) is 4.93. The molecule has 0 saturated carbocycles. The number of rotatable bonds is 2. The van der Waals surface area contributed by atoms with Crippen LogP contribution < -0.4 is 5.56 Å². The molecule has 2 aromatic heterocycles. The fourth-order valence-electron chi connectivity index (χ4n) is 3.62. The Bertz CT molecular complexity index is 937. The summed E-state index contributed by atoms with van der Waals surface area (Å²) in [5.41, 5.74) is 1.54. The molecule has 2 aromatic rings. The predicted molar refractivity (Wildman–Crippen MR) is 89.2 cm³/mol. The van der Waals surface area contributed by atoms with Gasteiger partial charge in [0, 0.05) is 32.4 Å². The van der Waals surface area contributed by atoms with E-state index in [1.165, 1.54) is 0 Å². The van der Waals surface area contributed by atoms with E-state index in [1.54, 1.807) is 43.6 Å². The van der Waals surface area contributed by atoms with Gasteiger partial charge in [0.2, 0.25) is 0 Å². The lowest BCUT2D eigenvalue weighted by atomic mass is 10.1. The van der Waals surface area contributed by atoms with Crippen LogP contribution in [0.25, 0.3) is 5.69 Å². The van der Waals surface area contributed by atoms with E-state index in [9.17, 15) is 9.59 Å². The summed E-state index contributed by atoms with van der Waals surface area (Å²) < 4.78 is 3.23. The van der Waals surface area contributed by atoms with E-state index in [0.29, 0.717) is 37.6 Å². The van der Waals surface area contributed by atoms with Gasteiger partial charge in [0.25, 0.3) is 11.5 Å². The Balaban J connectivity index is 1.66. The van der Waals surface area contributed by atoms with Crippen LogP contribution in [-0.2, 0) is 6.54 Å². The number of carbonyl (C=O) groups excluding carboxylic acids is 1. The number of imidazole rings is 1. The highest BCUT2D eigenvalue weighted by atomic mass is 16.2. The molecule has 0 radical (unpaired) electrons. The summed E-state index contributed by atoms with van der Waals surface area (Å²) in [6, 6.07) is 3.41. The molecule has 0 aliphatic carbocycles. The molecule has 128 valence electrons. The Morgan fingerprint density at radius 3 is 2.76 bits per heavy atom. The van der Waals surface area contributed by atoms with Gasteiger partial charge in [0.15, 0.2) is 6.19 Å². The maximum atomic E-state index is 12.8. The topological polar surface area (TPSA) is 87.2 Å². The molecule has 8 nitrogen and oxygen atoms in total. The van der Waals surface area contributed by atoms with E-state index < -0.39 is 0 Å². The van der Waals surface area contributed by atoms with Gasteiger partial charge in [-0.1, -0.05) is 0 Å². The number of aromatic nitrogens is 3. The highest BCUT2D eigenvalue weighted by Crippen LogP contribution is 2.21. The number of carbonyl (C=O) groups is 1. The Labute approximate surface area is 144 Å². The summed E-state index contributed by atoms with van der Waals surface area (Å²) in [7, 11) is 0. The lowest BCUT2D eigenvalue weighted by molar-refractivity contribution is 0.0623. The summed E-state index contributed by atoms with van der Waals surface area (Å²) in [5.74, 6) is -0.137. The van der Waals surface area contributed by atoms with Gasteiger partial charge in [-0.15, -0.1) is 0 Å². The van der Waals surface area contributed by atoms with E-state index in [2.05, 4.69) is 11.2 Å². The molecule has 25 heavy (non-hydrogen) atoms. The monoisotopic (exact) mass is 338 g/mol.